The van der Waals surface area contributed by atoms with Crippen LogP contribution in [-0.4, -0.2) is 51.1 Å². The molecule has 4 nitrogen and oxygen atoms in total. The zero-order chi connectivity index (χ0) is 13.6. The maximum absolute atomic E-state index is 5.86. The summed E-state index contributed by atoms with van der Waals surface area (Å²) in [6.07, 6.45) is 0.610. The average molecular weight is 246 g/mol. The lowest BCUT2D eigenvalue weighted by atomic mass is 9.86. The molecule has 0 aliphatic heterocycles. The number of methoxy groups -OCH3 is 2. The predicted molar refractivity (Wildman–Crippen MR) is 71.9 cm³/mol. The minimum Gasteiger partial charge on any atom is -0.356 e. The van der Waals surface area contributed by atoms with Crippen molar-refractivity contribution in [2.75, 3.05) is 27.8 Å². The fourth-order valence-corrected chi connectivity index (χ4v) is 1.87. The molecule has 0 amide bonds. The molecule has 0 rings (SSSR count). The van der Waals surface area contributed by atoms with Gasteiger partial charge in [0.2, 0.25) is 0 Å². The van der Waals surface area contributed by atoms with Crippen LogP contribution < -0.4 is 5.73 Å². The normalized spacial score (nSPS) is 16.6. The molecule has 0 bridgehead atoms. The Bertz CT molecular complexity index is 200. The molecule has 17 heavy (non-hydrogen) atoms. The van der Waals surface area contributed by atoms with Crippen molar-refractivity contribution in [3.63, 3.8) is 0 Å². The van der Waals surface area contributed by atoms with E-state index in [1.54, 1.807) is 14.2 Å². The summed E-state index contributed by atoms with van der Waals surface area (Å²) in [6, 6.07) is 0.722. The smallest absolute Gasteiger partial charge is 0.158 e. The van der Waals surface area contributed by atoms with Gasteiger partial charge in [0.15, 0.2) is 6.29 Å². The third-order valence-electron chi connectivity index (χ3n) is 3.70. The van der Waals surface area contributed by atoms with Crippen LogP contribution in [0.5, 0.6) is 0 Å². The molecule has 0 aromatic carbocycles. The van der Waals surface area contributed by atoms with Crippen molar-refractivity contribution < 1.29 is 9.47 Å². The van der Waals surface area contributed by atoms with Gasteiger partial charge in [-0.15, -0.1) is 0 Å². The summed E-state index contributed by atoms with van der Waals surface area (Å²) in [5, 5.41) is 0. The molecule has 2 N–H and O–H groups in total. The minimum absolute atomic E-state index is 0.182. The van der Waals surface area contributed by atoms with Gasteiger partial charge in [-0.25, -0.2) is 0 Å². The first-order valence-electron chi connectivity index (χ1n) is 6.25. The lowest BCUT2D eigenvalue weighted by Crippen LogP contribution is -2.49. The number of ether oxygens (including phenoxy) is 2. The first-order valence-corrected chi connectivity index (χ1v) is 6.25. The largest absolute Gasteiger partial charge is 0.356 e. The van der Waals surface area contributed by atoms with Crippen molar-refractivity contribution in [1.29, 1.82) is 0 Å². The topological polar surface area (TPSA) is 47.7 Å². The van der Waals surface area contributed by atoms with Gasteiger partial charge in [-0.2, -0.15) is 0 Å². The van der Waals surface area contributed by atoms with Crippen LogP contribution in [0, 0.1) is 5.41 Å². The van der Waals surface area contributed by atoms with E-state index >= 15 is 0 Å². The molecule has 0 spiro atoms. The number of likely N-dealkylation sites (N-methyl/N-ethyl adjacent to an activating group) is 1. The van der Waals surface area contributed by atoms with E-state index in [0.717, 1.165) is 6.42 Å². The van der Waals surface area contributed by atoms with Gasteiger partial charge in [-0.1, -0.05) is 20.8 Å². The van der Waals surface area contributed by atoms with E-state index in [-0.39, 0.29) is 17.7 Å². The zero-order valence-corrected chi connectivity index (χ0v) is 12.5. The number of hydrogen-bond donors (Lipinski definition) is 1. The van der Waals surface area contributed by atoms with Crippen molar-refractivity contribution in [2.45, 2.75) is 52.5 Å². The van der Waals surface area contributed by atoms with Crippen LogP contribution in [0.3, 0.4) is 0 Å². The van der Waals surface area contributed by atoms with Crippen molar-refractivity contribution in [1.82, 2.24) is 4.90 Å². The van der Waals surface area contributed by atoms with Crippen molar-refractivity contribution in [3.05, 3.63) is 0 Å². The summed E-state index contributed by atoms with van der Waals surface area (Å²) in [6.45, 7) is 9.57. The molecule has 4 heteroatoms. The van der Waals surface area contributed by atoms with Crippen LogP contribution in [0.1, 0.15) is 34.1 Å². The van der Waals surface area contributed by atoms with E-state index in [1.807, 2.05) is 0 Å². The van der Waals surface area contributed by atoms with Crippen LogP contribution in [0.4, 0.5) is 0 Å². The van der Waals surface area contributed by atoms with E-state index in [9.17, 15) is 0 Å². The third-order valence-corrected chi connectivity index (χ3v) is 3.70. The Balaban J connectivity index is 4.54. The SMILES string of the molecule is COC(CC(CN)N(C)C(C)C(C)(C)C)OC. The Morgan fingerprint density at radius 1 is 1.18 bits per heavy atom. The molecule has 2 unspecified atom stereocenters. The summed E-state index contributed by atoms with van der Waals surface area (Å²) in [4.78, 5) is 2.32. The van der Waals surface area contributed by atoms with Crippen LogP contribution in [-0.2, 0) is 9.47 Å². The second-order valence-electron chi connectivity index (χ2n) is 5.73. The van der Waals surface area contributed by atoms with Crippen molar-refractivity contribution in [3.8, 4) is 0 Å². The lowest BCUT2D eigenvalue weighted by molar-refractivity contribution is -0.118. The van der Waals surface area contributed by atoms with Gasteiger partial charge in [0.25, 0.3) is 0 Å². The van der Waals surface area contributed by atoms with Crippen LogP contribution in [0.2, 0.25) is 0 Å². The van der Waals surface area contributed by atoms with E-state index in [2.05, 4.69) is 39.6 Å². The molecule has 0 aromatic rings. The summed E-state index contributed by atoms with van der Waals surface area (Å²) in [5.74, 6) is 0. The highest BCUT2D eigenvalue weighted by Crippen LogP contribution is 2.25. The number of nitrogens with two attached hydrogens (primary N) is 1. The average Bonchev–Trinajstić information content (AvgIpc) is 2.28. The van der Waals surface area contributed by atoms with Gasteiger partial charge < -0.3 is 15.2 Å². The summed E-state index contributed by atoms with van der Waals surface area (Å²) in [5.41, 5.74) is 6.09. The Hall–Kier alpha value is -0.160. The maximum Gasteiger partial charge on any atom is 0.158 e. The van der Waals surface area contributed by atoms with Crippen molar-refractivity contribution in [2.24, 2.45) is 11.1 Å². The van der Waals surface area contributed by atoms with Gasteiger partial charge >= 0.3 is 0 Å². The van der Waals surface area contributed by atoms with Gasteiger partial charge in [0.1, 0.15) is 0 Å². The van der Waals surface area contributed by atoms with Crippen molar-refractivity contribution >= 4 is 0 Å². The highest BCUT2D eigenvalue weighted by Gasteiger charge is 2.29. The Morgan fingerprint density at radius 3 is 1.94 bits per heavy atom. The quantitative estimate of drug-likeness (QED) is 0.694. The summed E-state index contributed by atoms with van der Waals surface area (Å²) < 4.78 is 10.5. The number of nitrogens with zero attached hydrogens (tertiary/aromatic N) is 1. The standard InChI is InChI=1S/C13H30N2O2/c1-10(13(2,3)4)15(5)11(9-14)8-12(16-6)17-7/h10-12H,8-9,14H2,1-7H3. The summed E-state index contributed by atoms with van der Waals surface area (Å²) >= 11 is 0. The van der Waals surface area contributed by atoms with Crippen LogP contribution in [0.15, 0.2) is 0 Å². The minimum atomic E-state index is -0.182. The van der Waals surface area contributed by atoms with Crippen LogP contribution in [0.25, 0.3) is 0 Å². The number of rotatable bonds is 7. The van der Waals surface area contributed by atoms with Crippen LogP contribution >= 0.6 is 0 Å². The van der Waals surface area contributed by atoms with E-state index in [4.69, 9.17) is 15.2 Å². The van der Waals surface area contributed by atoms with E-state index < -0.39 is 0 Å². The predicted octanol–water partition coefficient (Wildman–Crippen LogP) is 1.69. The highest BCUT2D eigenvalue weighted by molar-refractivity contribution is 4.83. The second kappa shape index (κ2) is 7.31. The number of hydrogen-bond acceptors (Lipinski definition) is 4. The van der Waals surface area contributed by atoms with Gasteiger partial charge in [-0.3, -0.25) is 4.90 Å². The Labute approximate surface area is 106 Å². The molecule has 0 aliphatic rings. The molecule has 0 radical (unpaired) electrons. The summed E-state index contributed by atoms with van der Waals surface area (Å²) in [7, 11) is 5.44. The molecule has 2 atom stereocenters. The lowest BCUT2D eigenvalue weighted by Gasteiger charge is -2.40. The van der Waals surface area contributed by atoms with E-state index in [1.165, 1.54) is 0 Å². The zero-order valence-electron chi connectivity index (χ0n) is 12.5. The molecule has 0 aromatic heterocycles. The first kappa shape index (κ1) is 16.8. The van der Waals surface area contributed by atoms with E-state index in [0.29, 0.717) is 12.6 Å². The Morgan fingerprint density at radius 2 is 1.65 bits per heavy atom. The maximum atomic E-state index is 5.86. The molecule has 0 aliphatic carbocycles. The molecule has 104 valence electrons. The van der Waals surface area contributed by atoms with Gasteiger partial charge in [0, 0.05) is 39.3 Å². The molecule has 0 heterocycles. The second-order valence-corrected chi connectivity index (χ2v) is 5.73. The molecular weight excluding hydrogens is 216 g/mol. The first-order chi connectivity index (χ1) is 7.77. The monoisotopic (exact) mass is 246 g/mol. The Kier molecular flexibility index (Phi) is 7.24. The molecule has 0 saturated heterocycles. The van der Waals surface area contributed by atoms with Gasteiger partial charge in [0.05, 0.1) is 0 Å². The third kappa shape index (κ3) is 5.34. The molecule has 0 saturated carbocycles. The fraction of sp³-hybridized carbons (Fsp3) is 1.00. The highest BCUT2D eigenvalue weighted by atomic mass is 16.7. The molecular formula is C13H30N2O2. The molecule has 0 fully saturated rings. The fourth-order valence-electron chi connectivity index (χ4n) is 1.87. The van der Waals surface area contributed by atoms with Gasteiger partial charge in [-0.05, 0) is 19.4 Å².